The number of allylic oxidation sites excluding steroid dienone is 4. The van der Waals surface area contributed by atoms with Crippen LogP contribution < -0.4 is 4.90 Å². The van der Waals surface area contributed by atoms with Crippen LogP contribution in [0, 0.1) is 0 Å². The fourth-order valence-corrected chi connectivity index (χ4v) is 10.1. The number of fused-ring (bicyclic) bond motifs is 11. The van der Waals surface area contributed by atoms with Crippen molar-refractivity contribution in [3.63, 3.8) is 0 Å². The summed E-state index contributed by atoms with van der Waals surface area (Å²) < 4.78 is 6.48. The number of hydrogen-bond acceptors (Lipinski definition) is 2. The molecular weight excluding hydrogens is 655 g/mol. The van der Waals surface area contributed by atoms with E-state index >= 15 is 0 Å². The van der Waals surface area contributed by atoms with Gasteiger partial charge in [-0.05, 0) is 105 Å². The van der Waals surface area contributed by atoms with Crippen molar-refractivity contribution in [2.75, 3.05) is 4.90 Å². The molecule has 1 spiro atoms. The summed E-state index contributed by atoms with van der Waals surface area (Å²) >= 11 is 0. The number of furan rings is 1. The van der Waals surface area contributed by atoms with Gasteiger partial charge in [0.05, 0.1) is 16.5 Å². The van der Waals surface area contributed by atoms with Gasteiger partial charge < -0.3 is 9.32 Å². The summed E-state index contributed by atoms with van der Waals surface area (Å²) in [6.07, 6.45) is 7.01. The molecule has 8 aromatic rings. The molecule has 0 amide bonds. The topological polar surface area (TPSA) is 16.4 Å². The minimum absolute atomic E-state index is 0.0677. The third-order valence-electron chi connectivity index (χ3n) is 12.5. The highest BCUT2D eigenvalue weighted by Gasteiger charge is 2.54. The van der Waals surface area contributed by atoms with E-state index in [-0.39, 0.29) is 5.41 Å². The summed E-state index contributed by atoms with van der Waals surface area (Å²) in [5.74, 6) is 0. The van der Waals surface area contributed by atoms with Gasteiger partial charge >= 0.3 is 0 Å². The Morgan fingerprint density at radius 2 is 1.20 bits per heavy atom. The van der Waals surface area contributed by atoms with Crippen LogP contribution >= 0.6 is 0 Å². The van der Waals surface area contributed by atoms with Crippen LogP contribution in [0.3, 0.4) is 0 Å². The van der Waals surface area contributed by atoms with Crippen LogP contribution in [-0.4, -0.2) is 0 Å². The smallest absolute Gasteiger partial charge is 0.137 e. The quantitative estimate of drug-likeness (QED) is 0.182. The lowest BCUT2D eigenvalue weighted by Gasteiger charge is -2.48. The molecule has 3 aliphatic carbocycles. The van der Waals surface area contributed by atoms with Crippen LogP contribution in [0.2, 0.25) is 0 Å². The van der Waals surface area contributed by atoms with Crippen molar-refractivity contribution in [2.45, 2.75) is 37.5 Å². The average Bonchev–Trinajstić information content (AvgIpc) is 3.75. The molecule has 1 heterocycles. The lowest BCUT2D eigenvalue weighted by atomic mass is 9.54. The Kier molecular flexibility index (Phi) is 6.67. The van der Waals surface area contributed by atoms with E-state index in [4.69, 9.17) is 4.42 Å². The monoisotopic (exact) mass is 693 g/mol. The Morgan fingerprint density at radius 3 is 2.06 bits per heavy atom. The molecule has 0 saturated carbocycles. The van der Waals surface area contributed by atoms with Gasteiger partial charge in [0, 0.05) is 22.2 Å². The van der Waals surface area contributed by atoms with Crippen molar-refractivity contribution < 1.29 is 4.42 Å². The van der Waals surface area contributed by atoms with E-state index < -0.39 is 5.41 Å². The molecule has 1 aromatic heterocycles. The highest BCUT2D eigenvalue weighted by Crippen LogP contribution is 2.64. The molecule has 1 atom stereocenters. The molecule has 0 fully saturated rings. The Bertz CT molecular complexity index is 2850. The Hall–Kier alpha value is -6.38. The third kappa shape index (κ3) is 4.23. The lowest BCUT2D eigenvalue weighted by molar-refractivity contribution is 0.524. The maximum Gasteiger partial charge on any atom is 0.137 e. The molecule has 0 N–H and O–H groups in total. The normalized spacial score (nSPS) is 17.7. The first-order valence-electron chi connectivity index (χ1n) is 19.2. The standard InChI is InChI=1S/C52H39NO/c1-51(2)42-20-9-11-22-44(42)52(45-23-12-10-21-43(45)51)41-19-8-6-17-38(41)39-32-31-37(33-46(39)52)53(36-29-27-35(28-30-36)34-15-4-3-5-16-34)47-24-14-26-49-50(47)40-18-7-13-25-48(40)54-49/h3-9,11-20,22-33H,10,21H2,1-2H3. The summed E-state index contributed by atoms with van der Waals surface area (Å²) in [4.78, 5) is 2.45. The molecule has 0 radical (unpaired) electrons. The van der Waals surface area contributed by atoms with Crippen molar-refractivity contribution in [1.29, 1.82) is 0 Å². The van der Waals surface area contributed by atoms with Crippen LogP contribution in [-0.2, 0) is 10.8 Å². The fourth-order valence-electron chi connectivity index (χ4n) is 10.1. The van der Waals surface area contributed by atoms with Crippen LogP contribution in [0.15, 0.2) is 192 Å². The largest absolute Gasteiger partial charge is 0.456 e. The number of rotatable bonds is 4. The molecule has 258 valence electrons. The first kappa shape index (κ1) is 31.2. The first-order chi connectivity index (χ1) is 26.5. The van der Waals surface area contributed by atoms with Gasteiger partial charge in [-0.3, -0.25) is 0 Å². The van der Waals surface area contributed by atoms with Crippen LogP contribution in [0.5, 0.6) is 0 Å². The van der Waals surface area contributed by atoms with Crippen LogP contribution in [0.25, 0.3) is 44.2 Å². The zero-order valence-corrected chi connectivity index (χ0v) is 30.5. The molecule has 3 aliphatic rings. The Labute approximate surface area is 316 Å². The molecule has 0 bridgehead atoms. The van der Waals surface area contributed by atoms with Gasteiger partial charge in [0.15, 0.2) is 0 Å². The molecule has 2 heteroatoms. The van der Waals surface area contributed by atoms with E-state index in [0.717, 1.165) is 51.8 Å². The fraction of sp³-hybridized carbons (Fsp3) is 0.115. The summed E-state index contributed by atoms with van der Waals surface area (Å²) in [6.45, 7) is 4.87. The maximum absolute atomic E-state index is 6.48. The highest BCUT2D eigenvalue weighted by atomic mass is 16.3. The average molecular weight is 694 g/mol. The van der Waals surface area contributed by atoms with Gasteiger partial charge in [0.2, 0.25) is 0 Å². The van der Waals surface area contributed by atoms with Gasteiger partial charge in [-0.2, -0.15) is 0 Å². The molecule has 7 aromatic carbocycles. The van der Waals surface area contributed by atoms with Crippen molar-refractivity contribution >= 4 is 39.0 Å². The van der Waals surface area contributed by atoms with E-state index in [1.165, 1.54) is 50.1 Å². The first-order valence-corrected chi connectivity index (χ1v) is 19.2. The number of para-hydroxylation sites is 1. The highest BCUT2D eigenvalue weighted by molar-refractivity contribution is 6.13. The van der Waals surface area contributed by atoms with Gasteiger partial charge in [-0.15, -0.1) is 0 Å². The lowest BCUT2D eigenvalue weighted by Crippen LogP contribution is -2.41. The predicted molar refractivity (Wildman–Crippen MR) is 224 cm³/mol. The molecule has 1 unspecified atom stereocenters. The minimum Gasteiger partial charge on any atom is -0.456 e. The van der Waals surface area contributed by atoms with E-state index in [9.17, 15) is 0 Å². The molecule has 2 nitrogen and oxygen atoms in total. The Balaban J connectivity index is 1.21. The maximum atomic E-state index is 6.48. The van der Waals surface area contributed by atoms with Gasteiger partial charge in [-0.1, -0.05) is 153 Å². The number of hydrogen-bond donors (Lipinski definition) is 0. The third-order valence-corrected chi connectivity index (χ3v) is 12.5. The van der Waals surface area contributed by atoms with Crippen LogP contribution in [0.1, 0.15) is 48.9 Å². The van der Waals surface area contributed by atoms with Gasteiger partial charge in [0.1, 0.15) is 11.2 Å². The van der Waals surface area contributed by atoms with Gasteiger partial charge in [0.25, 0.3) is 0 Å². The van der Waals surface area contributed by atoms with Crippen molar-refractivity contribution in [3.8, 4) is 22.3 Å². The number of nitrogens with zero attached hydrogens (tertiary/aromatic N) is 1. The van der Waals surface area contributed by atoms with Crippen LogP contribution in [0.4, 0.5) is 17.1 Å². The molecule has 11 rings (SSSR count). The predicted octanol–water partition coefficient (Wildman–Crippen LogP) is 14.0. The number of anilines is 3. The van der Waals surface area contributed by atoms with E-state index in [1.54, 1.807) is 5.57 Å². The zero-order valence-electron chi connectivity index (χ0n) is 30.5. The second kappa shape index (κ2) is 11.6. The molecule has 0 saturated heterocycles. The van der Waals surface area contributed by atoms with E-state index in [1.807, 2.05) is 6.07 Å². The second-order valence-electron chi connectivity index (χ2n) is 15.5. The summed E-state index contributed by atoms with van der Waals surface area (Å²) in [7, 11) is 0. The van der Waals surface area contributed by atoms with Crippen molar-refractivity contribution in [3.05, 3.63) is 209 Å². The summed E-state index contributed by atoms with van der Waals surface area (Å²) in [6, 6.07) is 60.1. The second-order valence-corrected chi connectivity index (χ2v) is 15.5. The summed E-state index contributed by atoms with van der Waals surface area (Å²) in [5, 5.41) is 2.23. The Morgan fingerprint density at radius 1 is 0.537 bits per heavy atom. The van der Waals surface area contributed by atoms with Gasteiger partial charge in [-0.25, -0.2) is 0 Å². The SMILES string of the molecule is CC1(C)C2=C(C=CCC2)C2(c3ccccc3-c3ccc(N(c4ccc(-c5ccccc5)cc4)c4cccc5oc6ccccc6c45)cc32)c2ccccc21. The van der Waals surface area contributed by atoms with Crippen molar-refractivity contribution in [2.24, 2.45) is 0 Å². The molecule has 0 aliphatic heterocycles. The molecular formula is C52H39NO. The van der Waals surface area contributed by atoms with E-state index in [2.05, 4.69) is 189 Å². The molecule has 54 heavy (non-hydrogen) atoms. The number of benzene rings is 7. The zero-order chi connectivity index (χ0) is 36.0. The summed E-state index contributed by atoms with van der Waals surface area (Å²) in [5.41, 5.74) is 18.2. The van der Waals surface area contributed by atoms with Crippen molar-refractivity contribution in [1.82, 2.24) is 0 Å². The van der Waals surface area contributed by atoms with E-state index in [0.29, 0.717) is 0 Å². The minimum atomic E-state index is -0.433.